The Morgan fingerprint density at radius 3 is 2.79 bits per heavy atom. The van der Waals surface area contributed by atoms with Crippen molar-refractivity contribution in [3.63, 3.8) is 0 Å². The molecule has 19 heavy (non-hydrogen) atoms. The van der Waals surface area contributed by atoms with Crippen molar-refractivity contribution in [2.45, 2.75) is 38.1 Å². The van der Waals surface area contributed by atoms with Gasteiger partial charge in [0.25, 0.3) is 0 Å². The topological polar surface area (TPSA) is 17.8 Å². The van der Waals surface area contributed by atoms with E-state index in [1.54, 1.807) is 0 Å². The van der Waals surface area contributed by atoms with E-state index < -0.39 is 0 Å². The molecule has 1 fully saturated rings. The number of aryl methyl sites for hydroxylation is 1. The molecule has 0 bridgehead atoms. The van der Waals surface area contributed by atoms with Gasteiger partial charge in [0.05, 0.1) is 16.4 Å². The Morgan fingerprint density at radius 2 is 2.11 bits per heavy atom. The second-order valence-corrected chi connectivity index (χ2v) is 7.17. The van der Waals surface area contributed by atoms with Gasteiger partial charge >= 0.3 is 0 Å². The number of imidazole rings is 1. The SMILES string of the molecule is Cc1ccc2nc(C(C)Cl)n(C3CCSCC3)c2c1. The molecule has 1 aliphatic heterocycles. The summed E-state index contributed by atoms with van der Waals surface area (Å²) in [6, 6.07) is 7.04. The van der Waals surface area contributed by atoms with Crippen molar-refractivity contribution in [1.29, 1.82) is 0 Å². The number of halogens is 1. The minimum atomic E-state index is -0.0396. The van der Waals surface area contributed by atoms with Crippen LogP contribution in [-0.2, 0) is 0 Å². The summed E-state index contributed by atoms with van der Waals surface area (Å²) in [5, 5.41) is -0.0396. The number of thioether (sulfide) groups is 1. The average molecular weight is 295 g/mol. The van der Waals surface area contributed by atoms with E-state index in [9.17, 15) is 0 Å². The molecule has 0 N–H and O–H groups in total. The zero-order chi connectivity index (χ0) is 13.4. The van der Waals surface area contributed by atoms with Gasteiger partial charge in [-0.05, 0) is 55.9 Å². The van der Waals surface area contributed by atoms with Crippen LogP contribution >= 0.6 is 23.4 Å². The molecule has 1 unspecified atom stereocenters. The third-order valence-corrected chi connectivity index (χ3v) is 5.03. The molecule has 3 rings (SSSR count). The van der Waals surface area contributed by atoms with E-state index in [0.29, 0.717) is 6.04 Å². The lowest BCUT2D eigenvalue weighted by Crippen LogP contribution is -2.17. The molecule has 1 aromatic heterocycles. The van der Waals surface area contributed by atoms with Gasteiger partial charge < -0.3 is 4.57 Å². The van der Waals surface area contributed by atoms with Gasteiger partial charge in [-0.1, -0.05) is 6.07 Å². The highest BCUT2D eigenvalue weighted by Gasteiger charge is 2.23. The predicted molar refractivity (Wildman–Crippen MR) is 84.3 cm³/mol. The number of alkyl halides is 1. The summed E-state index contributed by atoms with van der Waals surface area (Å²) in [4.78, 5) is 4.75. The van der Waals surface area contributed by atoms with Crippen molar-refractivity contribution < 1.29 is 0 Å². The van der Waals surface area contributed by atoms with E-state index in [0.717, 1.165) is 11.3 Å². The molecule has 2 heterocycles. The fourth-order valence-corrected chi connectivity index (χ4v) is 4.06. The van der Waals surface area contributed by atoms with Gasteiger partial charge in [0.2, 0.25) is 0 Å². The molecule has 0 aliphatic carbocycles. The lowest BCUT2D eigenvalue weighted by atomic mass is 10.1. The quantitative estimate of drug-likeness (QED) is 0.746. The maximum Gasteiger partial charge on any atom is 0.127 e. The monoisotopic (exact) mass is 294 g/mol. The van der Waals surface area contributed by atoms with E-state index in [1.165, 1.54) is 35.4 Å². The van der Waals surface area contributed by atoms with Crippen molar-refractivity contribution in [2.24, 2.45) is 0 Å². The third-order valence-electron chi connectivity index (χ3n) is 3.78. The van der Waals surface area contributed by atoms with Crippen LogP contribution in [0.1, 0.15) is 42.6 Å². The normalized spacial score (nSPS) is 18.9. The van der Waals surface area contributed by atoms with Gasteiger partial charge in [0, 0.05) is 6.04 Å². The van der Waals surface area contributed by atoms with Crippen LogP contribution in [0.25, 0.3) is 11.0 Å². The molecular weight excluding hydrogens is 276 g/mol. The summed E-state index contributed by atoms with van der Waals surface area (Å²) in [6.07, 6.45) is 2.45. The molecule has 0 spiro atoms. The Bertz CT molecular complexity index is 585. The van der Waals surface area contributed by atoms with E-state index in [1.807, 2.05) is 6.92 Å². The first-order chi connectivity index (χ1) is 9.16. The van der Waals surface area contributed by atoms with Gasteiger partial charge in [-0.25, -0.2) is 4.98 Å². The molecule has 0 radical (unpaired) electrons. The fraction of sp³-hybridized carbons (Fsp3) is 0.533. The van der Waals surface area contributed by atoms with Gasteiger partial charge in [0.15, 0.2) is 0 Å². The van der Waals surface area contributed by atoms with Crippen LogP contribution in [0.5, 0.6) is 0 Å². The maximum absolute atomic E-state index is 6.35. The second kappa shape index (κ2) is 5.37. The summed E-state index contributed by atoms with van der Waals surface area (Å²) in [6.45, 7) is 4.15. The van der Waals surface area contributed by atoms with Crippen LogP contribution in [-0.4, -0.2) is 21.1 Å². The van der Waals surface area contributed by atoms with Crippen LogP contribution in [0.2, 0.25) is 0 Å². The summed E-state index contributed by atoms with van der Waals surface area (Å²) in [5.74, 6) is 3.51. The van der Waals surface area contributed by atoms with E-state index in [4.69, 9.17) is 16.6 Å². The van der Waals surface area contributed by atoms with Gasteiger partial charge in [0.1, 0.15) is 5.82 Å². The van der Waals surface area contributed by atoms with Gasteiger partial charge in [-0.15, -0.1) is 11.6 Å². The smallest absolute Gasteiger partial charge is 0.127 e. The number of fused-ring (bicyclic) bond motifs is 1. The van der Waals surface area contributed by atoms with E-state index in [-0.39, 0.29) is 5.38 Å². The second-order valence-electron chi connectivity index (χ2n) is 5.29. The van der Waals surface area contributed by atoms with Crippen LogP contribution in [0, 0.1) is 6.92 Å². The molecule has 4 heteroatoms. The fourth-order valence-electron chi connectivity index (χ4n) is 2.83. The summed E-state index contributed by atoms with van der Waals surface area (Å²) < 4.78 is 2.40. The van der Waals surface area contributed by atoms with Crippen LogP contribution in [0.3, 0.4) is 0 Å². The summed E-state index contributed by atoms with van der Waals surface area (Å²) in [5.41, 5.74) is 3.61. The predicted octanol–water partition coefficient (Wildman–Crippen LogP) is 4.71. The standard InChI is InChI=1S/C15H19ClN2S/c1-10-3-4-13-14(9-10)18(15(17-13)11(2)16)12-5-7-19-8-6-12/h3-4,9,11-12H,5-8H2,1-2H3. The maximum atomic E-state index is 6.35. The minimum Gasteiger partial charge on any atom is -0.324 e. The Morgan fingerprint density at radius 1 is 1.37 bits per heavy atom. The first-order valence-electron chi connectivity index (χ1n) is 6.87. The van der Waals surface area contributed by atoms with Gasteiger partial charge in [-0.3, -0.25) is 0 Å². The largest absolute Gasteiger partial charge is 0.324 e. The van der Waals surface area contributed by atoms with Crippen molar-refractivity contribution in [3.8, 4) is 0 Å². The number of aromatic nitrogens is 2. The first-order valence-corrected chi connectivity index (χ1v) is 8.46. The van der Waals surface area contributed by atoms with E-state index in [2.05, 4.69) is 41.5 Å². The highest BCUT2D eigenvalue weighted by molar-refractivity contribution is 7.99. The number of rotatable bonds is 2. The number of hydrogen-bond acceptors (Lipinski definition) is 2. The number of benzene rings is 1. The Hall–Kier alpha value is -0.670. The Balaban J connectivity index is 2.17. The third kappa shape index (κ3) is 2.50. The lowest BCUT2D eigenvalue weighted by molar-refractivity contribution is 0.464. The molecule has 0 amide bonds. The van der Waals surface area contributed by atoms with Crippen molar-refractivity contribution in [1.82, 2.24) is 9.55 Å². The molecule has 1 saturated heterocycles. The van der Waals surface area contributed by atoms with Crippen LogP contribution < -0.4 is 0 Å². The minimum absolute atomic E-state index is 0.0396. The van der Waals surface area contributed by atoms with Crippen molar-refractivity contribution in [3.05, 3.63) is 29.6 Å². The first kappa shape index (κ1) is 13.3. The summed E-state index contributed by atoms with van der Waals surface area (Å²) in [7, 11) is 0. The highest BCUT2D eigenvalue weighted by Crippen LogP contribution is 2.34. The highest BCUT2D eigenvalue weighted by atomic mass is 35.5. The van der Waals surface area contributed by atoms with Crippen LogP contribution in [0.4, 0.5) is 0 Å². The summed E-state index contributed by atoms with van der Waals surface area (Å²) >= 11 is 8.40. The van der Waals surface area contributed by atoms with Crippen molar-refractivity contribution >= 4 is 34.4 Å². The molecule has 1 atom stereocenters. The Labute approximate surface area is 123 Å². The molecule has 1 aromatic carbocycles. The molecule has 1 aliphatic rings. The lowest BCUT2D eigenvalue weighted by Gasteiger charge is -2.26. The average Bonchev–Trinajstić information content (AvgIpc) is 2.78. The molecule has 102 valence electrons. The Kier molecular flexibility index (Phi) is 3.77. The number of nitrogens with zero attached hydrogens (tertiary/aromatic N) is 2. The molecule has 2 aromatic rings. The van der Waals surface area contributed by atoms with Crippen molar-refractivity contribution in [2.75, 3.05) is 11.5 Å². The van der Waals surface area contributed by atoms with Crippen LogP contribution in [0.15, 0.2) is 18.2 Å². The van der Waals surface area contributed by atoms with E-state index >= 15 is 0 Å². The zero-order valence-corrected chi connectivity index (χ0v) is 13.0. The molecular formula is C15H19ClN2S. The number of hydrogen-bond donors (Lipinski definition) is 0. The van der Waals surface area contributed by atoms with Gasteiger partial charge in [-0.2, -0.15) is 11.8 Å². The molecule has 0 saturated carbocycles. The zero-order valence-electron chi connectivity index (χ0n) is 11.4. The molecule has 2 nitrogen and oxygen atoms in total.